The number of hydrogen-bond acceptors (Lipinski definition) is 6. The maximum absolute atomic E-state index is 13.2. The van der Waals surface area contributed by atoms with Crippen LogP contribution in [0.15, 0.2) is 24.3 Å². The molecule has 3 rings (SSSR count). The first-order valence-electron chi connectivity index (χ1n) is 10.1. The Kier molecular flexibility index (Phi) is 6.79. The summed E-state index contributed by atoms with van der Waals surface area (Å²) in [5, 5.41) is 0. The van der Waals surface area contributed by atoms with Crippen molar-refractivity contribution in [2.24, 2.45) is 0 Å². The third-order valence-electron chi connectivity index (χ3n) is 5.65. The SMILES string of the molecule is CCN(CC)CCN(C(=O)c1ccc(N2CCOC2=O)cc1)[C@H]1CCS(=O)(=O)C1. The predicted molar refractivity (Wildman–Crippen MR) is 111 cm³/mol. The topological polar surface area (TPSA) is 87.2 Å². The van der Waals surface area contributed by atoms with Crippen molar-refractivity contribution in [2.45, 2.75) is 26.3 Å². The minimum atomic E-state index is -3.10. The smallest absolute Gasteiger partial charge is 0.414 e. The number of carbonyl (C=O) groups excluding carboxylic acids is 2. The molecule has 2 aliphatic rings. The fourth-order valence-electron chi connectivity index (χ4n) is 3.84. The average molecular weight is 424 g/mol. The summed E-state index contributed by atoms with van der Waals surface area (Å²) in [6.45, 7) is 7.92. The molecule has 2 saturated heterocycles. The molecule has 2 fully saturated rings. The fourth-order valence-corrected chi connectivity index (χ4v) is 5.57. The highest BCUT2D eigenvalue weighted by Crippen LogP contribution is 2.23. The maximum atomic E-state index is 13.2. The lowest BCUT2D eigenvalue weighted by Gasteiger charge is -2.31. The van der Waals surface area contributed by atoms with Crippen molar-refractivity contribution in [1.82, 2.24) is 9.80 Å². The Morgan fingerprint density at radius 2 is 1.86 bits per heavy atom. The van der Waals surface area contributed by atoms with Gasteiger partial charge in [0.25, 0.3) is 5.91 Å². The summed E-state index contributed by atoms with van der Waals surface area (Å²) < 4.78 is 28.9. The van der Waals surface area contributed by atoms with Gasteiger partial charge < -0.3 is 14.5 Å². The van der Waals surface area contributed by atoms with Gasteiger partial charge >= 0.3 is 6.09 Å². The van der Waals surface area contributed by atoms with Crippen LogP contribution in [0.1, 0.15) is 30.6 Å². The van der Waals surface area contributed by atoms with E-state index in [9.17, 15) is 18.0 Å². The fraction of sp³-hybridized carbons (Fsp3) is 0.600. The van der Waals surface area contributed by atoms with E-state index in [1.807, 2.05) is 0 Å². The zero-order valence-electron chi connectivity index (χ0n) is 17.0. The standard InChI is InChI=1S/C20H29N3O5S/c1-3-21(4-2)10-11-22(18-9-14-29(26,27)15-18)19(24)16-5-7-17(8-6-16)23-12-13-28-20(23)25/h5-8,18H,3-4,9-15H2,1-2H3/t18-/m0/s1. The van der Waals surface area contributed by atoms with Crippen LogP contribution in [-0.4, -0.2) is 87.1 Å². The van der Waals surface area contributed by atoms with Crippen LogP contribution in [0.4, 0.5) is 10.5 Å². The summed E-state index contributed by atoms with van der Waals surface area (Å²) in [4.78, 5) is 30.4. The second-order valence-corrected chi connectivity index (χ2v) is 9.62. The van der Waals surface area contributed by atoms with Crippen molar-refractivity contribution in [2.75, 3.05) is 55.7 Å². The number of anilines is 1. The molecule has 2 aliphatic heterocycles. The van der Waals surface area contributed by atoms with Gasteiger partial charge in [-0.3, -0.25) is 9.69 Å². The van der Waals surface area contributed by atoms with E-state index in [4.69, 9.17) is 4.74 Å². The first-order chi connectivity index (χ1) is 13.8. The molecule has 0 bridgehead atoms. The first-order valence-corrected chi connectivity index (χ1v) is 11.9. The predicted octanol–water partition coefficient (Wildman–Crippen LogP) is 1.61. The van der Waals surface area contributed by atoms with Gasteiger partial charge in [-0.2, -0.15) is 0 Å². The molecule has 0 spiro atoms. The van der Waals surface area contributed by atoms with E-state index >= 15 is 0 Å². The van der Waals surface area contributed by atoms with Crippen molar-refractivity contribution in [1.29, 1.82) is 0 Å². The van der Waals surface area contributed by atoms with Gasteiger partial charge in [-0.15, -0.1) is 0 Å². The van der Waals surface area contributed by atoms with Crippen LogP contribution in [0.2, 0.25) is 0 Å². The molecule has 0 unspecified atom stereocenters. The van der Waals surface area contributed by atoms with Crippen LogP contribution in [0, 0.1) is 0 Å². The van der Waals surface area contributed by atoms with Gasteiger partial charge in [0, 0.05) is 30.4 Å². The molecular weight excluding hydrogens is 394 g/mol. The van der Waals surface area contributed by atoms with Gasteiger partial charge in [0.15, 0.2) is 9.84 Å². The number of carbonyl (C=O) groups is 2. The monoisotopic (exact) mass is 423 g/mol. The number of benzene rings is 1. The summed E-state index contributed by atoms with van der Waals surface area (Å²) >= 11 is 0. The first kappa shape index (κ1) is 21.6. The highest BCUT2D eigenvalue weighted by molar-refractivity contribution is 7.91. The van der Waals surface area contributed by atoms with E-state index in [2.05, 4.69) is 18.7 Å². The lowest BCUT2D eigenvalue weighted by atomic mass is 10.1. The lowest BCUT2D eigenvalue weighted by molar-refractivity contribution is 0.0674. The lowest BCUT2D eigenvalue weighted by Crippen LogP contribution is -2.45. The van der Waals surface area contributed by atoms with Crippen LogP contribution in [0.5, 0.6) is 0 Å². The molecule has 2 amide bonds. The van der Waals surface area contributed by atoms with E-state index in [1.165, 1.54) is 4.90 Å². The molecule has 2 heterocycles. The zero-order chi connectivity index (χ0) is 21.0. The highest BCUT2D eigenvalue weighted by atomic mass is 32.2. The van der Waals surface area contributed by atoms with E-state index in [0.29, 0.717) is 43.9 Å². The molecule has 0 N–H and O–H groups in total. The molecule has 160 valence electrons. The molecule has 1 aromatic carbocycles. The normalized spacial score (nSPS) is 20.9. The number of likely N-dealkylation sites (N-methyl/N-ethyl adjacent to an activating group) is 1. The van der Waals surface area contributed by atoms with Crippen molar-refractivity contribution in [3.63, 3.8) is 0 Å². The number of rotatable bonds is 8. The molecule has 8 nitrogen and oxygen atoms in total. The van der Waals surface area contributed by atoms with Crippen LogP contribution in [-0.2, 0) is 14.6 Å². The minimum Gasteiger partial charge on any atom is -0.447 e. The zero-order valence-corrected chi connectivity index (χ0v) is 17.9. The average Bonchev–Trinajstić information content (AvgIpc) is 3.30. The third-order valence-corrected chi connectivity index (χ3v) is 7.40. The number of cyclic esters (lactones) is 1. The molecular formula is C20H29N3O5S. The van der Waals surface area contributed by atoms with E-state index in [-0.39, 0.29) is 29.5 Å². The number of nitrogens with zero attached hydrogens (tertiary/aromatic N) is 3. The van der Waals surface area contributed by atoms with Gasteiger partial charge in [0.1, 0.15) is 6.61 Å². The summed E-state index contributed by atoms with van der Waals surface area (Å²) in [7, 11) is -3.10. The Morgan fingerprint density at radius 1 is 1.17 bits per heavy atom. The molecule has 9 heteroatoms. The van der Waals surface area contributed by atoms with E-state index < -0.39 is 9.84 Å². The summed E-state index contributed by atoms with van der Waals surface area (Å²) in [5.41, 5.74) is 1.17. The number of sulfone groups is 1. The van der Waals surface area contributed by atoms with E-state index in [0.717, 1.165) is 13.1 Å². The second kappa shape index (κ2) is 9.13. The number of hydrogen-bond donors (Lipinski definition) is 0. The van der Waals surface area contributed by atoms with Crippen LogP contribution in [0.3, 0.4) is 0 Å². The largest absolute Gasteiger partial charge is 0.447 e. The van der Waals surface area contributed by atoms with Crippen molar-refractivity contribution in [3.05, 3.63) is 29.8 Å². The molecule has 0 radical (unpaired) electrons. The van der Waals surface area contributed by atoms with Gasteiger partial charge in [-0.1, -0.05) is 13.8 Å². The van der Waals surface area contributed by atoms with Gasteiger partial charge in [0.05, 0.1) is 18.1 Å². The second-order valence-electron chi connectivity index (χ2n) is 7.40. The quantitative estimate of drug-likeness (QED) is 0.631. The third kappa shape index (κ3) is 5.08. The van der Waals surface area contributed by atoms with Gasteiger partial charge in [-0.05, 0) is 43.8 Å². The Morgan fingerprint density at radius 3 is 2.38 bits per heavy atom. The Balaban J connectivity index is 1.77. The molecule has 1 atom stereocenters. The minimum absolute atomic E-state index is 0.0225. The molecule has 0 aromatic heterocycles. The number of amides is 2. The van der Waals surface area contributed by atoms with Crippen molar-refractivity contribution >= 4 is 27.5 Å². The Hall–Kier alpha value is -2.13. The van der Waals surface area contributed by atoms with Crippen LogP contribution < -0.4 is 4.90 Å². The van der Waals surface area contributed by atoms with Crippen LogP contribution in [0.25, 0.3) is 0 Å². The highest BCUT2D eigenvalue weighted by Gasteiger charge is 2.35. The Bertz CT molecular complexity index is 836. The summed E-state index contributed by atoms with van der Waals surface area (Å²) in [6, 6.07) is 6.55. The summed E-state index contributed by atoms with van der Waals surface area (Å²) in [6.07, 6.45) is 0.0883. The van der Waals surface area contributed by atoms with E-state index in [1.54, 1.807) is 29.2 Å². The molecule has 29 heavy (non-hydrogen) atoms. The molecule has 0 saturated carbocycles. The van der Waals surface area contributed by atoms with Crippen LogP contribution >= 0.6 is 0 Å². The van der Waals surface area contributed by atoms with Crippen molar-refractivity contribution in [3.8, 4) is 0 Å². The van der Waals surface area contributed by atoms with Gasteiger partial charge in [-0.25, -0.2) is 13.2 Å². The number of ether oxygens (including phenoxy) is 1. The Labute approximate surface area is 172 Å². The molecule has 1 aromatic rings. The van der Waals surface area contributed by atoms with Gasteiger partial charge in [0.2, 0.25) is 0 Å². The van der Waals surface area contributed by atoms with Crippen molar-refractivity contribution < 1.29 is 22.7 Å². The summed E-state index contributed by atoms with van der Waals surface area (Å²) in [5.74, 6) is -0.0213. The molecule has 0 aliphatic carbocycles. The maximum Gasteiger partial charge on any atom is 0.414 e.